The molecule has 9 nitrogen and oxygen atoms in total. The number of sulfonamides is 1. The first-order chi connectivity index (χ1) is 13.9. The van der Waals surface area contributed by atoms with Crippen LogP contribution in [-0.4, -0.2) is 49.9 Å². The number of para-hydroxylation sites is 1. The van der Waals surface area contributed by atoms with Crippen LogP contribution in [0.25, 0.3) is 0 Å². The number of hydrogen-bond donors (Lipinski definition) is 1. The van der Waals surface area contributed by atoms with Crippen LogP contribution in [0.3, 0.4) is 0 Å². The highest BCUT2D eigenvalue weighted by molar-refractivity contribution is 7.89. The number of nitrogens with one attached hydrogen (secondary N) is 1. The van der Waals surface area contributed by atoms with E-state index in [0.717, 1.165) is 0 Å². The maximum atomic E-state index is 12.9. The van der Waals surface area contributed by atoms with Crippen molar-refractivity contribution < 1.29 is 22.9 Å². The quantitative estimate of drug-likeness (QED) is 0.536. The first-order valence-electron chi connectivity index (χ1n) is 9.04. The largest absolute Gasteiger partial charge is 0.379 e. The fourth-order valence-corrected chi connectivity index (χ4v) is 4.73. The molecule has 1 amide bonds. The topological polar surface area (TPSA) is 119 Å². The molecule has 1 N–H and O–H groups in total. The van der Waals surface area contributed by atoms with E-state index in [1.54, 1.807) is 24.3 Å². The van der Waals surface area contributed by atoms with Gasteiger partial charge in [0.25, 0.3) is 5.69 Å². The molecule has 0 unspecified atom stereocenters. The van der Waals surface area contributed by atoms with Crippen molar-refractivity contribution in [2.24, 2.45) is 0 Å². The molecule has 2 aromatic rings. The Morgan fingerprint density at radius 1 is 1.07 bits per heavy atom. The molecule has 3 rings (SSSR count). The lowest BCUT2D eigenvalue weighted by Crippen LogP contribution is -2.41. The van der Waals surface area contributed by atoms with Gasteiger partial charge in [-0.1, -0.05) is 36.4 Å². The van der Waals surface area contributed by atoms with Gasteiger partial charge in [0.15, 0.2) is 0 Å². The molecule has 10 heteroatoms. The van der Waals surface area contributed by atoms with Crippen molar-refractivity contribution >= 4 is 21.6 Å². The van der Waals surface area contributed by atoms with Gasteiger partial charge in [-0.3, -0.25) is 14.9 Å². The van der Waals surface area contributed by atoms with Gasteiger partial charge in [0.05, 0.1) is 29.5 Å². The lowest BCUT2D eigenvalue weighted by Gasteiger charge is -2.27. The van der Waals surface area contributed by atoms with Crippen LogP contribution in [0.1, 0.15) is 11.1 Å². The molecule has 1 heterocycles. The number of ether oxygens (including phenoxy) is 1. The highest BCUT2D eigenvalue weighted by atomic mass is 32.2. The van der Waals surface area contributed by atoms with E-state index >= 15 is 0 Å². The van der Waals surface area contributed by atoms with Crippen molar-refractivity contribution in [2.45, 2.75) is 17.9 Å². The summed E-state index contributed by atoms with van der Waals surface area (Å²) < 4.78 is 32.5. The Kier molecular flexibility index (Phi) is 6.57. The number of hydrogen-bond acceptors (Lipinski definition) is 6. The smallest absolute Gasteiger partial charge is 0.273 e. The molecule has 0 aliphatic carbocycles. The number of nitro benzene ring substituents is 1. The normalized spacial score (nSPS) is 15.0. The Balaban J connectivity index is 1.72. The third-order valence-electron chi connectivity index (χ3n) is 4.58. The minimum absolute atomic E-state index is 0.000786. The molecule has 0 aromatic heterocycles. The van der Waals surface area contributed by atoms with Gasteiger partial charge in [0.2, 0.25) is 15.9 Å². The van der Waals surface area contributed by atoms with Crippen LogP contribution in [-0.2, 0) is 32.5 Å². The van der Waals surface area contributed by atoms with Crippen LogP contribution < -0.4 is 5.32 Å². The molecular weight excluding hydrogens is 398 g/mol. The molecule has 0 bridgehead atoms. The highest BCUT2D eigenvalue weighted by Crippen LogP contribution is 2.22. The van der Waals surface area contributed by atoms with Gasteiger partial charge in [-0.2, -0.15) is 4.31 Å². The molecule has 2 aromatic carbocycles. The van der Waals surface area contributed by atoms with Crippen LogP contribution >= 0.6 is 0 Å². The molecule has 1 fully saturated rings. The van der Waals surface area contributed by atoms with E-state index in [1.165, 1.54) is 28.6 Å². The van der Waals surface area contributed by atoms with E-state index in [4.69, 9.17) is 4.74 Å². The zero-order chi connectivity index (χ0) is 20.9. The molecule has 29 heavy (non-hydrogen) atoms. The van der Waals surface area contributed by atoms with Crippen molar-refractivity contribution in [3.63, 3.8) is 0 Å². The van der Waals surface area contributed by atoms with Gasteiger partial charge < -0.3 is 10.1 Å². The summed E-state index contributed by atoms with van der Waals surface area (Å²) in [4.78, 5) is 23.0. The summed E-state index contributed by atoms with van der Waals surface area (Å²) in [5, 5.41) is 13.7. The summed E-state index contributed by atoms with van der Waals surface area (Å²) in [6.07, 6.45) is -0.171. The van der Waals surface area contributed by atoms with Crippen LogP contribution in [0.4, 0.5) is 5.69 Å². The Bertz CT molecular complexity index is 1000. The number of nitrogens with zero attached hydrogens (tertiary/aromatic N) is 2. The number of rotatable bonds is 7. The second kappa shape index (κ2) is 9.12. The third kappa shape index (κ3) is 4.97. The van der Waals surface area contributed by atoms with Gasteiger partial charge in [-0.25, -0.2) is 8.42 Å². The van der Waals surface area contributed by atoms with E-state index in [-0.39, 0.29) is 36.6 Å². The minimum atomic E-state index is -3.70. The Labute approximate surface area is 168 Å². The standard InChI is InChI=1S/C19H21N3O6S/c23-19(13-15-5-1-3-7-17(15)22(24)25)20-14-16-6-2-4-8-18(16)29(26,27)21-9-11-28-12-10-21/h1-8H,9-14H2,(H,20,23). The van der Waals surface area contributed by atoms with Gasteiger partial charge in [-0.15, -0.1) is 0 Å². The second-order valence-electron chi connectivity index (χ2n) is 6.46. The number of amides is 1. The first kappa shape index (κ1) is 20.9. The number of carbonyl (C=O) groups excluding carboxylic acids is 1. The van der Waals surface area contributed by atoms with Crippen molar-refractivity contribution in [1.29, 1.82) is 0 Å². The van der Waals surface area contributed by atoms with Crippen LogP contribution in [0.15, 0.2) is 53.4 Å². The maximum absolute atomic E-state index is 12.9. The van der Waals surface area contributed by atoms with Crippen LogP contribution in [0.2, 0.25) is 0 Å². The number of nitro groups is 1. The number of benzene rings is 2. The summed E-state index contributed by atoms with van der Waals surface area (Å²) >= 11 is 0. The van der Waals surface area contributed by atoms with Gasteiger partial charge in [0.1, 0.15) is 0 Å². The van der Waals surface area contributed by atoms with Gasteiger partial charge in [-0.05, 0) is 11.6 Å². The average molecular weight is 419 g/mol. The maximum Gasteiger partial charge on any atom is 0.273 e. The fraction of sp³-hybridized carbons (Fsp3) is 0.316. The Morgan fingerprint density at radius 2 is 1.69 bits per heavy atom. The highest BCUT2D eigenvalue weighted by Gasteiger charge is 2.28. The predicted octanol–water partition coefficient (Wildman–Crippen LogP) is 1.47. The Morgan fingerprint density at radius 3 is 2.38 bits per heavy atom. The second-order valence-corrected chi connectivity index (χ2v) is 8.37. The third-order valence-corrected chi connectivity index (χ3v) is 6.57. The summed E-state index contributed by atoms with van der Waals surface area (Å²) in [5.41, 5.74) is 0.622. The van der Waals surface area contributed by atoms with E-state index in [9.17, 15) is 23.3 Å². The summed E-state index contributed by atoms with van der Waals surface area (Å²) in [6, 6.07) is 12.5. The zero-order valence-electron chi connectivity index (χ0n) is 15.6. The number of carbonyl (C=O) groups is 1. The van der Waals surface area contributed by atoms with Crippen molar-refractivity contribution in [3.05, 3.63) is 69.8 Å². The lowest BCUT2D eigenvalue weighted by atomic mass is 10.1. The molecule has 0 atom stereocenters. The fourth-order valence-electron chi connectivity index (χ4n) is 3.10. The summed E-state index contributed by atoms with van der Waals surface area (Å²) in [7, 11) is -3.70. The van der Waals surface area contributed by atoms with Crippen molar-refractivity contribution in [3.8, 4) is 0 Å². The first-order valence-corrected chi connectivity index (χ1v) is 10.5. The lowest BCUT2D eigenvalue weighted by molar-refractivity contribution is -0.385. The minimum Gasteiger partial charge on any atom is -0.379 e. The predicted molar refractivity (Wildman–Crippen MR) is 105 cm³/mol. The molecule has 0 spiro atoms. The number of morpholine rings is 1. The summed E-state index contributed by atoms with van der Waals surface area (Å²) in [5.74, 6) is -0.433. The van der Waals surface area contributed by atoms with E-state index < -0.39 is 20.9 Å². The monoisotopic (exact) mass is 419 g/mol. The molecule has 0 saturated carbocycles. The van der Waals surface area contributed by atoms with Gasteiger partial charge >= 0.3 is 0 Å². The molecule has 1 aliphatic rings. The molecular formula is C19H21N3O6S. The molecule has 154 valence electrons. The zero-order valence-corrected chi connectivity index (χ0v) is 16.4. The van der Waals surface area contributed by atoms with Crippen molar-refractivity contribution in [1.82, 2.24) is 9.62 Å². The van der Waals surface area contributed by atoms with E-state index in [2.05, 4.69) is 5.32 Å². The SMILES string of the molecule is O=C(Cc1ccccc1[N+](=O)[O-])NCc1ccccc1S(=O)(=O)N1CCOCC1. The van der Waals surface area contributed by atoms with E-state index in [0.29, 0.717) is 24.3 Å². The average Bonchev–Trinajstić information content (AvgIpc) is 2.73. The van der Waals surface area contributed by atoms with Crippen LogP contribution in [0.5, 0.6) is 0 Å². The Hall–Kier alpha value is -2.82. The van der Waals surface area contributed by atoms with Gasteiger partial charge in [0, 0.05) is 31.3 Å². The van der Waals surface area contributed by atoms with E-state index in [1.807, 2.05) is 0 Å². The molecule has 1 saturated heterocycles. The van der Waals surface area contributed by atoms with Crippen molar-refractivity contribution in [2.75, 3.05) is 26.3 Å². The summed E-state index contributed by atoms with van der Waals surface area (Å²) in [6.45, 7) is 1.24. The molecule has 1 aliphatic heterocycles. The molecule has 0 radical (unpaired) electrons. The van der Waals surface area contributed by atoms with Crippen LogP contribution in [0, 0.1) is 10.1 Å².